The highest BCUT2D eigenvalue weighted by atomic mass is 79.9. The van der Waals surface area contributed by atoms with Crippen molar-refractivity contribution in [1.29, 1.82) is 0 Å². The Morgan fingerprint density at radius 1 is 1.29 bits per heavy atom. The average Bonchev–Trinajstić information content (AvgIpc) is 3.03. The van der Waals surface area contributed by atoms with E-state index >= 15 is 0 Å². The molecule has 0 spiro atoms. The van der Waals surface area contributed by atoms with Gasteiger partial charge >= 0.3 is 5.97 Å². The zero-order valence-corrected chi connectivity index (χ0v) is 15.2. The Morgan fingerprint density at radius 2 is 1.96 bits per heavy atom. The molecule has 7 heteroatoms. The van der Waals surface area contributed by atoms with Crippen molar-refractivity contribution in [2.75, 3.05) is 20.1 Å². The van der Waals surface area contributed by atoms with Crippen LogP contribution in [0.5, 0.6) is 0 Å². The number of aliphatic carboxylic acids is 1. The van der Waals surface area contributed by atoms with Gasteiger partial charge in [0.15, 0.2) is 0 Å². The van der Waals surface area contributed by atoms with Crippen LogP contribution < -0.4 is 0 Å². The third-order valence-electron chi connectivity index (χ3n) is 4.15. The van der Waals surface area contributed by atoms with Crippen molar-refractivity contribution < 1.29 is 19.5 Å². The molecule has 2 rings (SSSR count). The number of carboxylic acid groups (broad SMARTS) is 1. The number of hydrogen-bond acceptors (Lipinski definition) is 3. The van der Waals surface area contributed by atoms with Gasteiger partial charge in [0, 0.05) is 36.6 Å². The molecule has 1 aliphatic rings. The van der Waals surface area contributed by atoms with Crippen molar-refractivity contribution in [3.05, 3.63) is 34.3 Å². The molecule has 1 atom stereocenters. The van der Waals surface area contributed by atoms with Gasteiger partial charge in [0.25, 0.3) is 5.91 Å². The lowest BCUT2D eigenvalue weighted by Crippen LogP contribution is -2.46. The Bertz CT molecular complexity index is 618. The van der Waals surface area contributed by atoms with Crippen LogP contribution in [0.3, 0.4) is 0 Å². The van der Waals surface area contributed by atoms with E-state index < -0.39 is 12.0 Å². The molecule has 6 nitrogen and oxygen atoms in total. The molecule has 0 aliphatic carbocycles. The van der Waals surface area contributed by atoms with Crippen molar-refractivity contribution in [2.24, 2.45) is 0 Å². The van der Waals surface area contributed by atoms with E-state index in [0.29, 0.717) is 31.5 Å². The summed E-state index contributed by atoms with van der Waals surface area (Å²) >= 11 is 3.34. The maximum Gasteiger partial charge on any atom is 0.303 e. The number of carbonyl (C=O) groups excluding carboxylic acids is 2. The lowest BCUT2D eigenvalue weighted by Gasteiger charge is -2.28. The summed E-state index contributed by atoms with van der Waals surface area (Å²) in [5.41, 5.74) is 0.562. The fourth-order valence-electron chi connectivity index (χ4n) is 2.86. The molecule has 1 unspecified atom stereocenters. The van der Waals surface area contributed by atoms with Crippen LogP contribution in [-0.4, -0.2) is 58.9 Å². The Labute approximate surface area is 149 Å². The van der Waals surface area contributed by atoms with Crippen LogP contribution in [0.25, 0.3) is 0 Å². The minimum Gasteiger partial charge on any atom is -0.481 e. The molecule has 2 amide bonds. The molecule has 130 valence electrons. The SMILES string of the molecule is CN(CCCC(=O)O)C(=O)C1CCCN1C(=O)c1ccc(Br)cc1. The van der Waals surface area contributed by atoms with Crippen molar-refractivity contribution in [1.82, 2.24) is 9.80 Å². The minimum atomic E-state index is -0.872. The molecule has 1 aromatic rings. The van der Waals surface area contributed by atoms with E-state index in [2.05, 4.69) is 15.9 Å². The normalized spacial score (nSPS) is 16.9. The number of halogens is 1. The molecule has 0 aromatic heterocycles. The highest BCUT2D eigenvalue weighted by Gasteiger charge is 2.35. The maximum atomic E-state index is 12.7. The van der Waals surface area contributed by atoms with Gasteiger partial charge in [-0.15, -0.1) is 0 Å². The van der Waals surface area contributed by atoms with Crippen LogP contribution in [0, 0.1) is 0 Å². The number of benzene rings is 1. The Morgan fingerprint density at radius 3 is 2.58 bits per heavy atom. The summed E-state index contributed by atoms with van der Waals surface area (Å²) in [4.78, 5) is 39.0. The van der Waals surface area contributed by atoms with E-state index in [0.717, 1.165) is 10.9 Å². The lowest BCUT2D eigenvalue weighted by atomic mass is 10.1. The summed E-state index contributed by atoms with van der Waals surface area (Å²) in [6, 6.07) is 6.62. The number of carboxylic acids is 1. The first-order valence-electron chi connectivity index (χ1n) is 7.93. The number of likely N-dealkylation sites (tertiary alicyclic amines) is 1. The Hall–Kier alpha value is -1.89. The molecule has 1 saturated heterocycles. The largest absolute Gasteiger partial charge is 0.481 e. The monoisotopic (exact) mass is 396 g/mol. The van der Waals surface area contributed by atoms with Gasteiger partial charge in [0.05, 0.1) is 0 Å². The zero-order valence-electron chi connectivity index (χ0n) is 13.6. The van der Waals surface area contributed by atoms with Crippen LogP contribution in [0.2, 0.25) is 0 Å². The molecule has 24 heavy (non-hydrogen) atoms. The van der Waals surface area contributed by atoms with Gasteiger partial charge in [-0.2, -0.15) is 0 Å². The molecular formula is C17H21BrN2O4. The van der Waals surface area contributed by atoms with Crippen LogP contribution in [-0.2, 0) is 9.59 Å². The van der Waals surface area contributed by atoms with E-state index in [-0.39, 0.29) is 18.2 Å². The quantitative estimate of drug-likeness (QED) is 0.800. The van der Waals surface area contributed by atoms with E-state index in [1.165, 1.54) is 4.90 Å². The van der Waals surface area contributed by atoms with Crippen molar-refractivity contribution in [3.8, 4) is 0 Å². The highest BCUT2D eigenvalue weighted by molar-refractivity contribution is 9.10. The first kappa shape index (κ1) is 18.4. The average molecular weight is 397 g/mol. The van der Waals surface area contributed by atoms with E-state index in [4.69, 9.17) is 5.11 Å². The van der Waals surface area contributed by atoms with E-state index in [1.54, 1.807) is 36.2 Å². The predicted octanol–water partition coefficient (Wildman–Crippen LogP) is 2.38. The summed E-state index contributed by atoms with van der Waals surface area (Å²) in [6.45, 7) is 0.941. The second kappa shape index (κ2) is 8.28. The summed E-state index contributed by atoms with van der Waals surface area (Å²) in [5, 5.41) is 8.68. The second-order valence-corrected chi connectivity index (χ2v) is 6.84. The van der Waals surface area contributed by atoms with E-state index in [9.17, 15) is 14.4 Å². The van der Waals surface area contributed by atoms with Crippen LogP contribution >= 0.6 is 15.9 Å². The summed E-state index contributed by atoms with van der Waals surface area (Å²) in [6.07, 6.45) is 1.88. The Balaban J connectivity index is 2.01. The molecule has 1 aliphatic heterocycles. The second-order valence-electron chi connectivity index (χ2n) is 5.92. The number of amides is 2. The van der Waals surface area contributed by atoms with Crippen molar-refractivity contribution >= 4 is 33.7 Å². The topological polar surface area (TPSA) is 77.9 Å². The summed E-state index contributed by atoms with van der Waals surface area (Å²) in [5.74, 6) is -1.13. The summed E-state index contributed by atoms with van der Waals surface area (Å²) in [7, 11) is 1.66. The molecule has 1 heterocycles. The fraction of sp³-hybridized carbons (Fsp3) is 0.471. The number of carbonyl (C=O) groups is 3. The molecule has 1 fully saturated rings. The molecule has 0 saturated carbocycles. The fourth-order valence-corrected chi connectivity index (χ4v) is 3.12. The number of rotatable bonds is 6. The molecule has 0 radical (unpaired) electrons. The molecule has 1 aromatic carbocycles. The molecular weight excluding hydrogens is 376 g/mol. The third-order valence-corrected chi connectivity index (χ3v) is 4.68. The van der Waals surface area contributed by atoms with Gasteiger partial charge in [-0.1, -0.05) is 15.9 Å². The third kappa shape index (κ3) is 4.56. The van der Waals surface area contributed by atoms with Gasteiger partial charge in [0.1, 0.15) is 6.04 Å². The van der Waals surface area contributed by atoms with E-state index in [1.807, 2.05) is 0 Å². The molecule has 0 bridgehead atoms. The number of nitrogens with zero attached hydrogens (tertiary/aromatic N) is 2. The first-order chi connectivity index (χ1) is 11.4. The van der Waals surface area contributed by atoms with Gasteiger partial charge in [-0.25, -0.2) is 0 Å². The van der Waals surface area contributed by atoms with Crippen LogP contribution in [0.1, 0.15) is 36.0 Å². The standard InChI is InChI=1S/C17H21BrN2O4/c1-19(10-3-5-15(21)22)17(24)14-4-2-11-20(14)16(23)12-6-8-13(18)9-7-12/h6-9,14H,2-5,10-11H2,1H3,(H,21,22). The highest BCUT2D eigenvalue weighted by Crippen LogP contribution is 2.22. The summed E-state index contributed by atoms with van der Waals surface area (Å²) < 4.78 is 0.895. The van der Waals surface area contributed by atoms with Crippen LogP contribution in [0.4, 0.5) is 0 Å². The minimum absolute atomic E-state index is 0.0316. The van der Waals surface area contributed by atoms with Gasteiger partial charge in [-0.3, -0.25) is 14.4 Å². The number of hydrogen-bond donors (Lipinski definition) is 1. The van der Waals surface area contributed by atoms with Gasteiger partial charge in [-0.05, 0) is 43.5 Å². The zero-order chi connectivity index (χ0) is 17.7. The lowest BCUT2D eigenvalue weighted by molar-refractivity contribution is -0.138. The van der Waals surface area contributed by atoms with Crippen molar-refractivity contribution in [2.45, 2.75) is 31.7 Å². The first-order valence-corrected chi connectivity index (χ1v) is 8.72. The predicted molar refractivity (Wildman–Crippen MR) is 92.7 cm³/mol. The van der Waals surface area contributed by atoms with Gasteiger partial charge < -0.3 is 14.9 Å². The number of likely N-dealkylation sites (N-methyl/N-ethyl adjacent to an activating group) is 1. The van der Waals surface area contributed by atoms with Crippen LogP contribution in [0.15, 0.2) is 28.7 Å². The van der Waals surface area contributed by atoms with Gasteiger partial charge in [0.2, 0.25) is 5.91 Å². The Kier molecular flexibility index (Phi) is 6.36. The van der Waals surface area contributed by atoms with Crippen molar-refractivity contribution in [3.63, 3.8) is 0 Å². The smallest absolute Gasteiger partial charge is 0.303 e. The maximum absolute atomic E-state index is 12.7. The molecule has 1 N–H and O–H groups in total.